The molecule has 1 saturated heterocycles. The minimum Gasteiger partial charge on any atom is -0.342 e. The van der Waals surface area contributed by atoms with Gasteiger partial charge in [-0.2, -0.15) is 0 Å². The second-order valence-corrected chi connectivity index (χ2v) is 10.6. The fourth-order valence-corrected chi connectivity index (χ4v) is 7.92. The number of rotatable bonds is 2. The van der Waals surface area contributed by atoms with Gasteiger partial charge in [-0.05, 0) is 74.5 Å². The number of piperidine rings is 1. The number of amides is 1. The molecule has 4 saturated carbocycles. The molecular formula is C22H35FN2O. The number of hydrogen-bond acceptors (Lipinski definition) is 2. The lowest BCUT2D eigenvalue weighted by Gasteiger charge is -2.62. The van der Waals surface area contributed by atoms with Crippen LogP contribution in [0, 0.1) is 28.6 Å². The molecular weight excluding hydrogens is 327 g/mol. The quantitative estimate of drug-likeness (QED) is 0.807. The number of nitrogens with zero attached hydrogens (tertiary/aromatic N) is 1. The van der Waals surface area contributed by atoms with Crippen molar-refractivity contribution < 1.29 is 9.18 Å². The Kier molecular flexibility index (Phi) is 3.82. The van der Waals surface area contributed by atoms with E-state index in [-0.39, 0.29) is 23.8 Å². The molecule has 146 valence electrons. The molecule has 3 nitrogen and oxygen atoms in total. The van der Waals surface area contributed by atoms with Gasteiger partial charge in [0.1, 0.15) is 6.17 Å². The Labute approximate surface area is 157 Å². The molecule has 4 heteroatoms. The SMILES string of the molecule is CN1C(=O)CC(F)[C@]2(C)[C@H]3CC[C@]4(C)[C@@H](NC5CC5)CC[C@H]4[C@@H]3CC[C@@H]12. The van der Waals surface area contributed by atoms with Gasteiger partial charge in [0.25, 0.3) is 0 Å². The molecule has 0 spiro atoms. The van der Waals surface area contributed by atoms with E-state index in [1.807, 2.05) is 11.9 Å². The third kappa shape index (κ3) is 2.23. The summed E-state index contributed by atoms with van der Waals surface area (Å²) < 4.78 is 15.3. The highest BCUT2D eigenvalue weighted by Crippen LogP contribution is 2.65. The van der Waals surface area contributed by atoms with Gasteiger partial charge < -0.3 is 10.2 Å². The van der Waals surface area contributed by atoms with Crippen molar-refractivity contribution in [2.45, 2.75) is 95.9 Å². The number of hydrogen-bond donors (Lipinski definition) is 1. The Morgan fingerprint density at radius 3 is 2.54 bits per heavy atom. The minimum atomic E-state index is -0.963. The molecule has 1 aliphatic heterocycles. The molecule has 1 heterocycles. The number of carbonyl (C=O) groups is 1. The fourth-order valence-electron chi connectivity index (χ4n) is 7.92. The average molecular weight is 363 g/mol. The van der Waals surface area contributed by atoms with Crippen molar-refractivity contribution in [3.05, 3.63) is 0 Å². The van der Waals surface area contributed by atoms with Crippen LogP contribution in [0.25, 0.3) is 0 Å². The molecule has 0 aromatic carbocycles. The minimum absolute atomic E-state index is 0.00800. The highest BCUT2D eigenvalue weighted by molar-refractivity contribution is 5.78. The van der Waals surface area contributed by atoms with E-state index >= 15 is 4.39 Å². The van der Waals surface area contributed by atoms with Crippen molar-refractivity contribution in [3.8, 4) is 0 Å². The molecule has 8 atom stereocenters. The molecule has 1 amide bonds. The van der Waals surface area contributed by atoms with Crippen LogP contribution in [0.1, 0.15) is 71.6 Å². The van der Waals surface area contributed by atoms with Crippen LogP contribution in [-0.2, 0) is 4.79 Å². The van der Waals surface area contributed by atoms with Gasteiger partial charge >= 0.3 is 0 Å². The molecule has 26 heavy (non-hydrogen) atoms. The molecule has 5 aliphatic rings. The second kappa shape index (κ2) is 5.68. The third-order valence-electron chi connectivity index (χ3n) is 9.63. The lowest BCUT2D eigenvalue weighted by Crippen LogP contribution is -2.65. The van der Waals surface area contributed by atoms with E-state index in [1.54, 1.807) is 0 Å². The van der Waals surface area contributed by atoms with Gasteiger partial charge in [-0.15, -0.1) is 0 Å². The standard InChI is InChI=1S/C22H35FN2O/c1-21-11-10-16-14(15(21)7-8-18(21)24-13-4-5-13)6-9-19-22(16,2)17(23)12-20(26)25(19)3/h13-19,24H,4-12H2,1-3H3/t14-,15-,16-,17?,18-,19+,21-,22-/m0/s1. The summed E-state index contributed by atoms with van der Waals surface area (Å²) in [6, 6.07) is 1.55. The predicted octanol–water partition coefficient (Wildman–Crippen LogP) is 3.92. The Bertz CT molecular complexity index is 607. The first-order chi connectivity index (χ1) is 12.4. The number of nitrogens with one attached hydrogen (secondary N) is 1. The van der Waals surface area contributed by atoms with E-state index < -0.39 is 6.17 Å². The summed E-state index contributed by atoms with van der Waals surface area (Å²) in [4.78, 5) is 14.1. The molecule has 0 bridgehead atoms. The number of halogens is 1. The third-order valence-corrected chi connectivity index (χ3v) is 9.63. The summed E-state index contributed by atoms with van der Waals surface area (Å²) in [5, 5.41) is 3.95. The fraction of sp³-hybridized carbons (Fsp3) is 0.955. The Morgan fingerprint density at radius 1 is 1.04 bits per heavy atom. The molecule has 5 rings (SSSR count). The maximum atomic E-state index is 15.3. The van der Waals surface area contributed by atoms with Crippen molar-refractivity contribution in [1.29, 1.82) is 0 Å². The predicted molar refractivity (Wildman–Crippen MR) is 100 cm³/mol. The summed E-state index contributed by atoms with van der Waals surface area (Å²) in [6.45, 7) is 4.71. The summed E-state index contributed by atoms with van der Waals surface area (Å²) >= 11 is 0. The van der Waals surface area contributed by atoms with Crippen LogP contribution in [0.15, 0.2) is 0 Å². The lowest BCUT2D eigenvalue weighted by atomic mass is 9.47. The Morgan fingerprint density at radius 2 is 1.81 bits per heavy atom. The molecule has 5 fully saturated rings. The van der Waals surface area contributed by atoms with Crippen molar-refractivity contribution in [2.75, 3.05) is 7.05 Å². The van der Waals surface area contributed by atoms with E-state index in [0.29, 0.717) is 23.3 Å². The zero-order valence-electron chi connectivity index (χ0n) is 16.6. The second-order valence-electron chi connectivity index (χ2n) is 10.6. The largest absolute Gasteiger partial charge is 0.342 e. The zero-order chi connectivity index (χ0) is 18.3. The molecule has 0 aromatic heterocycles. The van der Waals surface area contributed by atoms with E-state index in [0.717, 1.165) is 24.8 Å². The number of alkyl halides is 1. The normalized spacial score (nSPS) is 53.8. The summed E-state index contributed by atoms with van der Waals surface area (Å²) in [5.41, 5.74) is 0.0596. The van der Waals surface area contributed by atoms with Crippen LogP contribution in [0.4, 0.5) is 4.39 Å². The number of carbonyl (C=O) groups excluding carboxylic acids is 1. The van der Waals surface area contributed by atoms with Gasteiger partial charge in [-0.3, -0.25) is 4.79 Å². The maximum Gasteiger partial charge on any atom is 0.225 e. The smallest absolute Gasteiger partial charge is 0.225 e. The van der Waals surface area contributed by atoms with Gasteiger partial charge in [0, 0.05) is 30.6 Å². The van der Waals surface area contributed by atoms with Gasteiger partial charge in [0.15, 0.2) is 0 Å². The molecule has 4 aliphatic carbocycles. The Hall–Kier alpha value is -0.640. The van der Waals surface area contributed by atoms with Crippen LogP contribution in [0.2, 0.25) is 0 Å². The van der Waals surface area contributed by atoms with E-state index in [4.69, 9.17) is 0 Å². The molecule has 1 unspecified atom stereocenters. The van der Waals surface area contributed by atoms with E-state index in [9.17, 15) is 4.79 Å². The topological polar surface area (TPSA) is 32.3 Å². The summed E-state index contributed by atoms with van der Waals surface area (Å²) in [6.07, 6.45) is 9.02. The first-order valence-electron chi connectivity index (χ1n) is 11.0. The van der Waals surface area contributed by atoms with Crippen molar-refractivity contribution in [2.24, 2.45) is 28.6 Å². The van der Waals surface area contributed by atoms with Crippen LogP contribution in [0.3, 0.4) is 0 Å². The van der Waals surface area contributed by atoms with Crippen LogP contribution in [0.5, 0.6) is 0 Å². The average Bonchev–Trinajstić information content (AvgIpc) is 3.36. The Balaban J connectivity index is 1.43. The molecule has 1 N–H and O–H groups in total. The lowest BCUT2D eigenvalue weighted by molar-refractivity contribution is -0.173. The number of likely N-dealkylation sites (tertiary alicyclic amines) is 1. The van der Waals surface area contributed by atoms with Crippen LogP contribution in [-0.4, -0.2) is 42.2 Å². The highest BCUT2D eigenvalue weighted by atomic mass is 19.1. The van der Waals surface area contributed by atoms with Gasteiger partial charge in [-0.25, -0.2) is 4.39 Å². The van der Waals surface area contributed by atoms with Crippen LogP contribution >= 0.6 is 0 Å². The van der Waals surface area contributed by atoms with Gasteiger partial charge in [0.05, 0.1) is 6.42 Å². The van der Waals surface area contributed by atoms with Gasteiger partial charge in [-0.1, -0.05) is 13.8 Å². The van der Waals surface area contributed by atoms with Crippen LogP contribution < -0.4 is 5.32 Å². The van der Waals surface area contributed by atoms with Gasteiger partial charge in [0.2, 0.25) is 5.91 Å². The van der Waals surface area contributed by atoms with Crippen molar-refractivity contribution in [1.82, 2.24) is 10.2 Å². The monoisotopic (exact) mass is 362 g/mol. The summed E-state index contributed by atoms with van der Waals surface area (Å²) in [5.74, 6) is 1.85. The molecule has 0 radical (unpaired) electrons. The van der Waals surface area contributed by atoms with Crippen molar-refractivity contribution in [3.63, 3.8) is 0 Å². The summed E-state index contributed by atoms with van der Waals surface area (Å²) in [7, 11) is 1.91. The van der Waals surface area contributed by atoms with E-state index in [1.165, 1.54) is 38.5 Å². The first kappa shape index (κ1) is 17.5. The van der Waals surface area contributed by atoms with Crippen molar-refractivity contribution >= 4 is 5.91 Å². The maximum absolute atomic E-state index is 15.3. The zero-order valence-corrected chi connectivity index (χ0v) is 16.6. The number of fused-ring (bicyclic) bond motifs is 5. The van der Waals surface area contributed by atoms with E-state index in [2.05, 4.69) is 19.2 Å². The first-order valence-corrected chi connectivity index (χ1v) is 11.0. The molecule has 0 aromatic rings. The highest BCUT2D eigenvalue weighted by Gasteiger charge is 2.64.